The number of allylic oxidation sites excluding steroid dienone is 1. The lowest BCUT2D eigenvalue weighted by atomic mass is 9.74. The molecular weight excluding hydrogens is 545 g/mol. The number of alkyl halides is 3. The van der Waals surface area contributed by atoms with E-state index in [0.717, 1.165) is 29.9 Å². The topological polar surface area (TPSA) is 83.2 Å². The van der Waals surface area contributed by atoms with Crippen molar-refractivity contribution in [3.8, 4) is 0 Å². The minimum atomic E-state index is -4.54. The number of halogens is 3. The second-order valence-electron chi connectivity index (χ2n) is 11.7. The van der Waals surface area contributed by atoms with Crippen LogP contribution in [0.3, 0.4) is 0 Å². The monoisotopic (exact) mass is 578 g/mol. The molecule has 0 radical (unpaired) electrons. The fourth-order valence-electron chi connectivity index (χ4n) is 6.39. The number of carbonyl (C=O) groups excluding carboxylic acids is 2. The van der Waals surface area contributed by atoms with Crippen molar-refractivity contribution in [3.63, 3.8) is 0 Å². The van der Waals surface area contributed by atoms with Crippen LogP contribution < -0.4 is 0 Å². The van der Waals surface area contributed by atoms with Gasteiger partial charge >= 0.3 is 6.18 Å². The molecule has 2 amide bonds. The van der Waals surface area contributed by atoms with Crippen LogP contribution in [0.25, 0.3) is 11.2 Å². The van der Waals surface area contributed by atoms with E-state index in [9.17, 15) is 22.8 Å². The van der Waals surface area contributed by atoms with Gasteiger partial charge in [-0.25, -0.2) is 4.98 Å². The summed E-state index contributed by atoms with van der Waals surface area (Å²) in [6.45, 7) is 6.22. The van der Waals surface area contributed by atoms with E-state index in [4.69, 9.17) is 0 Å². The quantitative estimate of drug-likeness (QED) is 0.423. The molecule has 3 aromatic rings. The molecule has 2 aliphatic heterocycles. The summed E-state index contributed by atoms with van der Waals surface area (Å²) in [5, 5.41) is 0. The molecule has 0 spiro atoms. The number of fused-ring (bicyclic) bond motifs is 1. The average Bonchev–Trinajstić information content (AvgIpc) is 3.60. The van der Waals surface area contributed by atoms with Crippen molar-refractivity contribution in [2.24, 2.45) is 16.8 Å². The van der Waals surface area contributed by atoms with Crippen molar-refractivity contribution in [1.82, 2.24) is 24.2 Å². The Kier molecular flexibility index (Phi) is 7.36. The number of imidazole rings is 1. The highest BCUT2D eigenvalue weighted by Crippen LogP contribution is 2.36. The van der Waals surface area contributed by atoms with Gasteiger partial charge in [-0.3, -0.25) is 24.0 Å². The lowest BCUT2D eigenvalue weighted by Crippen LogP contribution is -2.51. The Labute approximate surface area is 242 Å². The summed E-state index contributed by atoms with van der Waals surface area (Å²) in [5.74, 6) is 1.37. The molecule has 4 heterocycles. The molecule has 1 aromatic carbocycles. The number of hydrogen-bond acceptors (Lipinski definition) is 5. The first-order valence-corrected chi connectivity index (χ1v) is 14.4. The molecule has 220 valence electrons. The third-order valence-electron chi connectivity index (χ3n) is 8.59. The van der Waals surface area contributed by atoms with Crippen LogP contribution in [0, 0.1) is 18.8 Å². The number of benzene rings is 1. The van der Waals surface area contributed by atoms with Gasteiger partial charge in [0.2, 0.25) is 5.91 Å². The molecule has 0 bridgehead atoms. The number of carbonyl (C=O) groups is 2. The zero-order valence-corrected chi connectivity index (χ0v) is 23.7. The number of aliphatic imine (C=N–C) groups is 1. The zero-order chi connectivity index (χ0) is 29.6. The largest absolute Gasteiger partial charge is 0.433 e. The van der Waals surface area contributed by atoms with Crippen LogP contribution >= 0.6 is 0 Å². The average molecular weight is 579 g/mol. The van der Waals surface area contributed by atoms with Gasteiger partial charge in [-0.2, -0.15) is 13.2 Å². The van der Waals surface area contributed by atoms with Crippen molar-refractivity contribution < 1.29 is 22.8 Å². The van der Waals surface area contributed by atoms with Crippen LogP contribution in [0.2, 0.25) is 0 Å². The van der Waals surface area contributed by atoms with Crippen LogP contribution in [0.4, 0.5) is 13.2 Å². The van der Waals surface area contributed by atoms with Crippen molar-refractivity contribution in [3.05, 3.63) is 70.9 Å². The standard InChI is InChI=1S/C31H33F3N6O2/c1-19-13-22(14-19)17-27(41)38-9-11-39(12-10-38)30(42)23-4-3-21(15-20(23)2)16-25-29-37-18-26(40(29)8-7-35-25)24-5-6-36-28(24)31(32,33)34/h3-5,7-8,15,18-19,22H,6,9-14,16-17H2,1-2H3/t19-,22+. The van der Waals surface area contributed by atoms with E-state index < -0.39 is 11.9 Å². The molecule has 1 saturated heterocycles. The minimum Gasteiger partial charge on any atom is -0.339 e. The summed E-state index contributed by atoms with van der Waals surface area (Å²) < 4.78 is 42.0. The van der Waals surface area contributed by atoms with Gasteiger partial charge in [-0.1, -0.05) is 25.1 Å². The van der Waals surface area contributed by atoms with Gasteiger partial charge in [0.15, 0.2) is 5.65 Å². The van der Waals surface area contributed by atoms with Crippen LogP contribution in [-0.2, 0) is 11.2 Å². The van der Waals surface area contributed by atoms with E-state index in [0.29, 0.717) is 67.5 Å². The highest BCUT2D eigenvalue weighted by atomic mass is 19.4. The molecule has 0 unspecified atom stereocenters. The fourth-order valence-corrected chi connectivity index (χ4v) is 6.39. The number of piperazine rings is 1. The first-order valence-electron chi connectivity index (χ1n) is 14.4. The SMILES string of the molecule is Cc1cc(Cc2nccn3c(C4=CCN=C4C(F)(F)F)cnc23)ccc1C(=O)N1CCN(C(=O)C[C@H]2C[C@@H](C)C2)CC1. The number of aryl methyl sites for hydroxylation is 1. The van der Waals surface area contributed by atoms with Gasteiger partial charge in [0.1, 0.15) is 5.71 Å². The normalized spacial score (nSPS) is 20.9. The Morgan fingerprint density at radius 1 is 1.05 bits per heavy atom. The van der Waals surface area contributed by atoms with Crippen molar-refractivity contribution in [2.75, 3.05) is 32.7 Å². The summed E-state index contributed by atoms with van der Waals surface area (Å²) in [4.78, 5) is 42.2. The second kappa shape index (κ2) is 11.0. The number of amides is 2. The van der Waals surface area contributed by atoms with Gasteiger partial charge in [0.05, 0.1) is 24.1 Å². The fraction of sp³-hybridized carbons (Fsp3) is 0.452. The maximum Gasteiger partial charge on any atom is 0.433 e. The molecule has 8 nitrogen and oxygen atoms in total. The summed E-state index contributed by atoms with van der Waals surface area (Å²) >= 11 is 0. The smallest absolute Gasteiger partial charge is 0.339 e. The van der Waals surface area contributed by atoms with Gasteiger partial charge in [0, 0.05) is 62.6 Å². The molecule has 42 heavy (non-hydrogen) atoms. The number of hydrogen-bond donors (Lipinski definition) is 0. The lowest BCUT2D eigenvalue weighted by Gasteiger charge is -2.38. The van der Waals surface area contributed by atoms with Crippen LogP contribution in [-0.4, -0.2) is 80.6 Å². The zero-order valence-electron chi connectivity index (χ0n) is 23.7. The molecule has 3 aliphatic rings. The third kappa shape index (κ3) is 5.44. The number of aromatic nitrogens is 3. The predicted molar refractivity (Wildman–Crippen MR) is 152 cm³/mol. The van der Waals surface area contributed by atoms with Crippen molar-refractivity contribution in [1.29, 1.82) is 0 Å². The van der Waals surface area contributed by atoms with E-state index in [1.54, 1.807) is 16.8 Å². The summed E-state index contributed by atoms with van der Waals surface area (Å²) in [6, 6.07) is 5.63. The maximum absolute atomic E-state index is 13.5. The minimum absolute atomic E-state index is 0.0176. The molecule has 6 rings (SSSR count). The second-order valence-corrected chi connectivity index (χ2v) is 11.7. The Balaban J connectivity index is 1.12. The third-order valence-corrected chi connectivity index (χ3v) is 8.59. The van der Waals surface area contributed by atoms with Gasteiger partial charge in [-0.15, -0.1) is 0 Å². The van der Waals surface area contributed by atoms with E-state index in [-0.39, 0.29) is 23.9 Å². The molecule has 0 atom stereocenters. The van der Waals surface area contributed by atoms with E-state index in [2.05, 4.69) is 21.9 Å². The van der Waals surface area contributed by atoms with E-state index >= 15 is 0 Å². The van der Waals surface area contributed by atoms with Crippen molar-refractivity contribution >= 4 is 28.7 Å². The van der Waals surface area contributed by atoms with Crippen molar-refractivity contribution in [2.45, 2.75) is 45.7 Å². The molecule has 1 saturated carbocycles. The van der Waals surface area contributed by atoms with E-state index in [1.807, 2.05) is 34.9 Å². The van der Waals surface area contributed by atoms with Crippen LogP contribution in [0.5, 0.6) is 0 Å². The van der Waals surface area contributed by atoms with Gasteiger partial charge < -0.3 is 9.80 Å². The highest BCUT2D eigenvalue weighted by molar-refractivity contribution is 6.27. The van der Waals surface area contributed by atoms with Crippen LogP contribution in [0.15, 0.2) is 47.9 Å². The molecule has 2 fully saturated rings. The number of nitrogens with zero attached hydrogens (tertiary/aromatic N) is 6. The van der Waals surface area contributed by atoms with Gasteiger partial charge in [-0.05, 0) is 48.8 Å². The van der Waals surface area contributed by atoms with E-state index in [1.165, 1.54) is 12.3 Å². The summed E-state index contributed by atoms with van der Waals surface area (Å²) in [6.07, 6.45) is 4.76. The Bertz CT molecular complexity index is 1590. The Hall–Kier alpha value is -4.02. The first-order chi connectivity index (χ1) is 20.1. The predicted octanol–water partition coefficient (Wildman–Crippen LogP) is 4.75. The summed E-state index contributed by atoms with van der Waals surface area (Å²) in [7, 11) is 0. The first kappa shape index (κ1) is 28.1. The Morgan fingerprint density at radius 3 is 2.48 bits per heavy atom. The molecule has 0 N–H and O–H groups in total. The molecule has 1 aliphatic carbocycles. The molecule has 11 heteroatoms. The van der Waals surface area contributed by atoms with Crippen LogP contribution in [0.1, 0.15) is 59.1 Å². The summed E-state index contributed by atoms with van der Waals surface area (Å²) in [5.41, 5.74) is 2.88. The molecular formula is C31H33F3N6O2. The Morgan fingerprint density at radius 2 is 1.79 bits per heavy atom. The highest BCUT2D eigenvalue weighted by Gasteiger charge is 2.40. The molecule has 2 aromatic heterocycles. The maximum atomic E-state index is 13.5. The number of rotatable bonds is 6. The van der Waals surface area contributed by atoms with Gasteiger partial charge in [0.25, 0.3) is 5.91 Å². The lowest BCUT2D eigenvalue weighted by molar-refractivity contribution is -0.134.